The summed E-state index contributed by atoms with van der Waals surface area (Å²) in [5.74, 6) is -0.436. The Morgan fingerprint density at radius 1 is 1.23 bits per heavy atom. The van der Waals surface area contributed by atoms with Crippen LogP contribution in [0.5, 0.6) is 0 Å². The highest BCUT2D eigenvalue weighted by atomic mass is 32.2. The van der Waals surface area contributed by atoms with Crippen LogP contribution in [-0.4, -0.2) is 23.3 Å². The summed E-state index contributed by atoms with van der Waals surface area (Å²) in [4.78, 5) is 25.3. The number of fused-ring (bicyclic) bond motifs is 1. The summed E-state index contributed by atoms with van der Waals surface area (Å²) < 4.78 is 0. The summed E-state index contributed by atoms with van der Waals surface area (Å²) >= 11 is 1.41. The lowest BCUT2D eigenvalue weighted by Gasteiger charge is -2.23. The van der Waals surface area contributed by atoms with Gasteiger partial charge in [0.2, 0.25) is 11.8 Å². The molecule has 0 fully saturated rings. The molecule has 0 unspecified atom stereocenters. The molecule has 0 saturated carbocycles. The number of carbonyl (C=O) groups excluding carboxylic acids is 2. The first-order valence-corrected chi connectivity index (χ1v) is 9.28. The summed E-state index contributed by atoms with van der Waals surface area (Å²) in [5.41, 5.74) is 7.74. The van der Waals surface area contributed by atoms with E-state index in [0.29, 0.717) is 0 Å². The van der Waals surface area contributed by atoms with Crippen molar-refractivity contribution in [2.45, 2.75) is 37.3 Å². The molecule has 1 aliphatic heterocycles. The zero-order valence-corrected chi connectivity index (χ0v) is 15.8. The van der Waals surface area contributed by atoms with Crippen molar-refractivity contribution >= 4 is 35.5 Å². The van der Waals surface area contributed by atoms with E-state index in [0.717, 1.165) is 27.3 Å². The minimum absolute atomic E-state index is 0.0774. The van der Waals surface area contributed by atoms with Crippen molar-refractivity contribution < 1.29 is 9.59 Å². The van der Waals surface area contributed by atoms with Crippen LogP contribution in [0.15, 0.2) is 46.4 Å². The normalized spacial score (nSPS) is 16.3. The number of nitrogens with one attached hydrogen (secondary N) is 2. The third-order valence-electron chi connectivity index (χ3n) is 4.20. The molecule has 0 bridgehead atoms. The smallest absolute Gasteiger partial charge is 0.241 e. The second-order valence-electron chi connectivity index (χ2n) is 6.40. The van der Waals surface area contributed by atoms with Crippen LogP contribution >= 0.6 is 11.8 Å². The van der Waals surface area contributed by atoms with Crippen molar-refractivity contribution in [1.82, 2.24) is 5.43 Å². The predicted molar refractivity (Wildman–Crippen MR) is 106 cm³/mol. The fourth-order valence-electron chi connectivity index (χ4n) is 3.00. The summed E-state index contributed by atoms with van der Waals surface area (Å²) in [5, 5.41) is 6.45. The van der Waals surface area contributed by atoms with Gasteiger partial charge in [0.05, 0.1) is 17.2 Å². The van der Waals surface area contributed by atoms with Gasteiger partial charge >= 0.3 is 0 Å². The highest BCUT2D eigenvalue weighted by Crippen LogP contribution is 2.36. The van der Waals surface area contributed by atoms with Gasteiger partial charge < -0.3 is 5.32 Å². The third kappa shape index (κ3) is 4.14. The predicted octanol–water partition coefficient (Wildman–Crippen LogP) is 3.57. The molecule has 2 aromatic carbocycles. The second-order valence-corrected chi connectivity index (χ2v) is 7.65. The van der Waals surface area contributed by atoms with Gasteiger partial charge in [-0.15, -0.1) is 11.8 Å². The maximum Gasteiger partial charge on any atom is 0.241 e. The van der Waals surface area contributed by atoms with Crippen LogP contribution in [0.1, 0.15) is 28.7 Å². The van der Waals surface area contributed by atoms with Gasteiger partial charge in [0.1, 0.15) is 0 Å². The Morgan fingerprint density at radius 2 is 1.92 bits per heavy atom. The zero-order chi connectivity index (χ0) is 18.7. The number of para-hydroxylation sites is 1. The van der Waals surface area contributed by atoms with Gasteiger partial charge in [-0.3, -0.25) is 9.59 Å². The summed E-state index contributed by atoms with van der Waals surface area (Å²) in [6, 6.07) is 11.7. The average Bonchev–Trinajstić information content (AvgIpc) is 2.58. The fraction of sp³-hybridized carbons (Fsp3) is 0.250. The quantitative estimate of drug-likeness (QED) is 0.641. The molecule has 0 saturated heterocycles. The zero-order valence-electron chi connectivity index (χ0n) is 15.0. The maximum absolute atomic E-state index is 12.2. The van der Waals surface area contributed by atoms with Crippen molar-refractivity contribution in [3.63, 3.8) is 0 Å². The molecule has 2 N–H and O–H groups in total. The van der Waals surface area contributed by atoms with Crippen molar-refractivity contribution in [1.29, 1.82) is 0 Å². The van der Waals surface area contributed by atoms with Crippen LogP contribution < -0.4 is 10.7 Å². The number of rotatable bonds is 4. The lowest BCUT2D eigenvalue weighted by atomic mass is 10.0. The first-order chi connectivity index (χ1) is 12.4. The van der Waals surface area contributed by atoms with Gasteiger partial charge in [-0.25, -0.2) is 5.43 Å². The molecule has 1 heterocycles. The molecule has 1 aliphatic rings. The average molecular weight is 367 g/mol. The van der Waals surface area contributed by atoms with Crippen LogP contribution in [0.4, 0.5) is 5.69 Å². The van der Waals surface area contributed by atoms with Gasteiger partial charge in [0, 0.05) is 16.9 Å². The number of amides is 2. The first kappa shape index (κ1) is 18.2. The van der Waals surface area contributed by atoms with Crippen molar-refractivity contribution in [2.75, 3.05) is 5.32 Å². The number of thioether (sulfide) groups is 1. The molecule has 5 nitrogen and oxygen atoms in total. The van der Waals surface area contributed by atoms with E-state index in [2.05, 4.69) is 28.0 Å². The Morgan fingerprint density at radius 3 is 2.65 bits per heavy atom. The highest BCUT2D eigenvalue weighted by molar-refractivity contribution is 8.01. The Bertz CT molecular complexity index is 869. The van der Waals surface area contributed by atoms with Crippen molar-refractivity contribution in [3.8, 4) is 0 Å². The molecule has 0 spiro atoms. The first-order valence-electron chi connectivity index (χ1n) is 8.40. The topological polar surface area (TPSA) is 70.6 Å². The number of nitrogens with zero attached hydrogens (tertiary/aromatic N) is 1. The molecule has 0 aromatic heterocycles. The fourth-order valence-corrected chi connectivity index (χ4v) is 4.12. The lowest BCUT2D eigenvalue weighted by molar-refractivity contribution is -0.124. The van der Waals surface area contributed by atoms with E-state index < -0.39 is 5.25 Å². The SMILES string of the molecule is Cc1cc(C)c(/C=N\NC(=O)C[C@H]2Sc3ccccc3NC2=O)c(C)c1. The summed E-state index contributed by atoms with van der Waals surface area (Å²) in [6.07, 6.45) is 1.74. The van der Waals surface area contributed by atoms with Gasteiger partial charge in [-0.05, 0) is 44.0 Å². The molecule has 26 heavy (non-hydrogen) atoms. The molecule has 0 radical (unpaired) electrons. The molecule has 2 amide bonds. The Balaban J connectivity index is 1.61. The van der Waals surface area contributed by atoms with Crippen molar-refractivity contribution in [3.05, 3.63) is 58.7 Å². The van der Waals surface area contributed by atoms with E-state index in [1.165, 1.54) is 17.3 Å². The largest absolute Gasteiger partial charge is 0.324 e. The van der Waals surface area contributed by atoms with Gasteiger partial charge in [-0.1, -0.05) is 29.8 Å². The van der Waals surface area contributed by atoms with Crippen LogP contribution in [0, 0.1) is 20.8 Å². The monoisotopic (exact) mass is 367 g/mol. The molecule has 1 atom stereocenters. The molecular formula is C20H21N3O2S. The van der Waals surface area contributed by atoms with Crippen LogP contribution in [0.3, 0.4) is 0 Å². The van der Waals surface area contributed by atoms with Crippen LogP contribution in [-0.2, 0) is 9.59 Å². The Hall–Kier alpha value is -2.60. The number of carbonyl (C=O) groups is 2. The second kappa shape index (κ2) is 7.74. The molecule has 0 aliphatic carbocycles. The summed E-state index contributed by atoms with van der Waals surface area (Å²) in [7, 11) is 0. The van der Waals surface area contributed by atoms with E-state index in [9.17, 15) is 9.59 Å². The number of anilines is 1. The van der Waals surface area contributed by atoms with Gasteiger partial charge in [0.15, 0.2) is 0 Å². The molecule has 6 heteroatoms. The number of hydrogen-bond donors (Lipinski definition) is 2. The summed E-state index contributed by atoms with van der Waals surface area (Å²) in [6.45, 7) is 6.08. The van der Waals surface area contributed by atoms with Crippen molar-refractivity contribution in [2.24, 2.45) is 5.10 Å². The van der Waals surface area contributed by atoms with E-state index in [-0.39, 0.29) is 18.2 Å². The Kier molecular flexibility index (Phi) is 5.42. The number of aryl methyl sites for hydroxylation is 3. The maximum atomic E-state index is 12.2. The van der Waals surface area contributed by atoms with Gasteiger partial charge in [0.25, 0.3) is 0 Å². The van der Waals surface area contributed by atoms with E-state index in [1.54, 1.807) is 6.21 Å². The number of hydrazone groups is 1. The lowest BCUT2D eigenvalue weighted by Crippen LogP contribution is -2.33. The Labute approximate surface area is 157 Å². The molecule has 3 rings (SSSR count). The molecular weight excluding hydrogens is 346 g/mol. The third-order valence-corrected chi connectivity index (χ3v) is 5.47. The molecule has 134 valence electrons. The van der Waals surface area contributed by atoms with E-state index in [4.69, 9.17) is 0 Å². The highest BCUT2D eigenvalue weighted by Gasteiger charge is 2.28. The van der Waals surface area contributed by atoms with Crippen LogP contribution in [0.2, 0.25) is 0 Å². The van der Waals surface area contributed by atoms with E-state index >= 15 is 0 Å². The number of benzene rings is 2. The number of hydrogen-bond acceptors (Lipinski definition) is 4. The van der Waals surface area contributed by atoms with Crippen LogP contribution in [0.25, 0.3) is 0 Å². The van der Waals surface area contributed by atoms with E-state index in [1.807, 2.05) is 45.0 Å². The standard InChI is InChI=1S/C20H21N3O2S/c1-12-8-13(2)15(14(3)9-12)11-21-23-19(24)10-18-20(25)22-16-6-4-5-7-17(16)26-18/h4-9,11,18H,10H2,1-3H3,(H,22,25)(H,23,24)/b21-11-/t18-/m1/s1. The minimum atomic E-state index is -0.456. The minimum Gasteiger partial charge on any atom is -0.324 e. The molecule has 2 aromatic rings. The van der Waals surface area contributed by atoms with Gasteiger partial charge in [-0.2, -0.15) is 5.10 Å².